The van der Waals surface area contributed by atoms with Gasteiger partial charge >= 0.3 is 6.18 Å². The van der Waals surface area contributed by atoms with Crippen molar-refractivity contribution in [1.82, 2.24) is 14.7 Å². The summed E-state index contributed by atoms with van der Waals surface area (Å²) in [7, 11) is 0. The van der Waals surface area contributed by atoms with E-state index < -0.39 is 23.8 Å². The maximum Gasteiger partial charge on any atom is 0.436 e. The number of carbonyl (C=O) groups excluding carboxylic acids is 1. The number of hydrogen-bond donors (Lipinski definition) is 1. The quantitative estimate of drug-likeness (QED) is 0.630. The van der Waals surface area contributed by atoms with Crippen molar-refractivity contribution in [2.45, 2.75) is 44.4 Å². The number of rotatable bonds is 6. The zero-order chi connectivity index (χ0) is 22.2. The van der Waals surface area contributed by atoms with Crippen LogP contribution < -0.4 is 5.32 Å². The number of nitrogens with one attached hydrogen (secondary N) is 1. The van der Waals surface area contributed by atoms with Crippen LogP contribution in [0.4, 0.5) is 18.9 Å². The third-order valence-electron chi connectivity index (χ3n) is 5.57. The Bertz CT molecular complexity index is 953. The minimum absolute atomic E-state index is 0.00919. The van der Waals surface area contributed by atoms with Gasteiger partial charge in [0, 0.05) is 31.2 Å². The molecule has 1 saturated carbocycles. The molecule has 2 aliphatic rings. The molecule has 1 amide bonds. The number of morpholine rings is 1. The molecule has 0 spiro atoms. The average Bonchev–Trinajstić information content (AvgIpc) is 3.49. The topological polar surface area (TPSA) is 59.4 Å². The highest BCUT2D eigenvalue weighted by Crippen LogP contribution is 2.47. The molecule has 0 bridgehead atoms. The summed E-state index contributed by atoms with van der Waals surface area (Å²) < 4.78 is 46.6. The smallest absolute Gasteiger partial charge is 0.379 e. The molecule has 0 radical (unpaired) electrons. The van der Waals surface area contributed by atoms with Crippen LogP contribution in [0.25, 0.3) is 0 Å². The third kappa shape index (κ3) is 5.12. The number of nitrogens with zero attached hydrogens (tertiary/aromatic N) is 3. The molecular weight excluding hydrogens is 477 g/mol. The average molecular weight is 501 g/mol. The Kier molecular flexibility index (Phi) is 6.41. The SMILES string of the molecule is CC(C(=O)Nc1cccc(CN2CCOCC2)c1)n1nc(C(F)(F)F)c(Br)c1C1CC1. The minimum Gasteiger partial charge on any atom is -0.379 e. The van der Waals surface area contributed by atoms with Crippen molar-refractivity contribution < 1.29 is 22.7 Å². The van der Waals surface area contributed by atoms with Gasteiger partial charge in [-0.1, -0.05) is 12.1 Å². The van der Waals surface area contributed by atoms with Crippen LogP contribution in [0.1, 0.15) is 48.7 Å². The van der Waals surface area contributed by atoms with Gasteiger partial charge in [0.1, 0.15) is 6.04 Å². The number of carbonyl (C=O) groups is 1. The largest absolute Gasteiger partial charge is 0.436 e. The van der Waals surface area contributed by atoms with E-state index >= 15 is 0 Å². The van der Waals surface area contributed by atoms with E-state index in [4.69, 9.17) is 4.74 Å². The molecule has 1 aliphatic heterocycles. The van der Waals surface area contributed by atoms with E-state index in [0.29, 0.717) is 24.6 Å². The lowest BCUT2D eigenvalue weighted by Crippen LogP contribution is -2.35. The Balaban J connectivity index is 1.50. The van der Waals surface area contributed by atoms with E-state index in [0.717, 1.165) is 38.0 Å². The second kappa shape index (κ2) is 8.91. The summed E-state index contributed by atoms with van der Waals surface area (Å²) >= 11 is 3.07. The van der Waals surface area contributed by atoms with Crippen LogP contribution in [0.2, 0.25) is 0 Å². The molecule has 1 aromatic heterocycles. The number of halogens is 4. The van der Waals surface area contributed by atoms with Crippen molar-refractivity contribution in [1.29, 1.82) is 0 Å². The van der Waals surface area contributed by atoms with Crippen LogP contribution in [-0.4, -0.2) is 46.9 Å². The second-order valence-electron chi connectivity index (χ2n) is 8.02. The fourth-order valence-corrected chi connectivity index (χ4v) is 4.56. The molecule has 31 heavy (non-hydrogen) atoms. The van der Waals surface area contributed by atoms with Gasteiger partial charge < -0.3 is 10.1 Å². The van der Waals surface area contributed by atoms with Crippen LogP contribution in [0, 0.1) is 0 Å². The van der Waals surface area contributed by atoms with Gasteiger partial charge in [0.15, 0.2) is 5.69 Å². The first-order valence-electron chi connectivity index (χ1n) is 10.3. The number of anilines is 1. The maximum absolute atomic E-state index is 13.4. The number of amides is 1. The fourth-order valence-electron chi connectivity index (χ4n) is 3.75. The molecule has 6 nitrogen and oxygen atoms in total. The number of ether oxygens (including phenoxy) is 1. The van der Waals surface area contributed by atoms with E-state index in [1.165, 1.54) is 4.68 Å². The van der Waals surface area contributed by atoms with E-state index in [9.17, 15) is 18.0 Å². The predicted octanol–water partition coefficient (Wildman–Crippen LogP) is 4.57. The molecule has 10 heteroatoms. The first kappa shape index (κ1) is 22.3. The van der Waals surface area contributed by atoms with Gasteiger partial charge in [0.25, 0.3) is 0 Å². The van der Waals surface area contributed by atoms with Gasteiger partial charge in [0.2, 0.25) is 5.91 Å². The maximum atomic E-state index is 13.4. The Labute approximate surface area is 186 Å². The molecule has 2 heterocycles. The van der Waals surface area contributed by atoms with Crippen LogP contribution in [0.5, 0.6) is 0 Å². The van der Waals surface area contributed by atoms with Crippen molar-refractivity contribution in [3.8, 4) is 0 Å². The third-order valence-corrected chi connectivity index (χ3v) is 6.35. The van der Waals surface area contributed by atoms with Crippen LogP contribution >= 0.6 is 15.9 Å². The van der Waals surface area contributed by atoms with Gasteiger partial charge in [-0.3, -0.25) is 14.4 Å². The van der Waals surface area contributed by atoms with E-state index in [1.54, 1.807) is 13.0 Å². The summed E-state index contributed by atoms with van der Waals surface area (Å²) in [5.74, 6) is -0.417. The molecule has 1 atom stereocenters. The Morgan fingerprint density at radius 3 is 2.68 bits per heavy atom. The van der Waals surface area contributed by atoms with Gasteiger partial charge in [-0.15, -0.1) is 0 Å². The normalized spacial score (nSPS) is 18.7. The van der Waals surface area contributed by atoms with Crippen LogP contribution in [-0.2, 0) is 22.3 Å². The number of benzene rings is 1. The fraction of sp³-hybridized carbons (Fsp3) is 0.524. The lowest BCUT2D eigenvalue weighted by atomic mass is 10.1. The lowest BCUT2D eigenvalue weighted by Gasteiger charge is -2.26. The molecule has 4 rings (SSSR count). The summed E-state index contributed by atoms with van der Waals surface area (Å²) in [6, 6.07) is 6.63. The van der Waals surface area contributed by atoms with E-state index in [1.807, 2.05) is 18.2 Å². The summed E-state index contributed by atoms with van der Waals surface area (Å²) in [6.07, 6.45) is -3.00. The molecule has 2 aromatic rings. The standard InChI is InChI=1S/C21H24BrF3N4O2/c1-13(29-18(15-5-6-15)17(22)19(27-29)21(23,24)25)20(30)26-16-4-2-3-14(11-16)12-28-7-9-31-10-8-28/h2-4,11,13,15H,5-10,12H2,1H3,(H,26,30). The van der Waals surface area contributed by atoms with Gasteiger partial charge in [0.05, 0.1) is 23.4 Å². The molecule has 1 N–H and O–H groups in total. The molecule has 1 aromatic carbocycles. The van der Waals surface area contributed by atoms with Crippen molar-refractivity contribution in [2.75, 3.05) is 31.6 Å². The number of hydrogen-bond acceptors (Lipinski definition) is 4. The first-order chi connectivity index (χ1) is 14.7. The van der Waals surface area contributed by atoms with Crippen LogP contribution in [0.3, 0.4) is 0 Å². The van der Waals surface area contributed by atoms with Crippen molar-refractivity contribution in [3.05, 3.63) is 45.7 Å². The monoisotopic (exact) mass is 500 g/mol. The summed E-state index contributed by atoms with van der Waals surface area (Å²) in [6.45, 7) is 5.43. The highest BCUT2D eigenvalue weighted by molar-refractivity contribution is 9.10. The first-order valence-corrected chi connectivity index (χ1v) is 11.1. The lowest BCUT2D eigenvalue weighted by molar-refractivity contribution is -0.142. The highest BCUT2D eigenvalue weighted by atomic mass is 79.9. The summed E-state index contributed by atoms with van der Waals surface area (Å²) in [5, 5.41) is 6.60. The van der Waals surface area contributed by atoms with Crippen molar-refractivity contribution >= 4 is 27.5 Å². The van der Waals surface area contributed by atoms with Crippen LogP contribution in [0.15, 0.2) is 28.7 Å². The van der Waals surface area contributed by atoms with Gasteiger partial charge in [-0.05, 0) is 53.4 Å². The highest BCUT2D eigenvalue weighted by Gasteiger charge is 2.43. The van der Waals surface area contributed by atoms with Gasteiger partial charge in [-0.25, -0.2) is 0 Å². The predicted molar refractivity (Wildman–Crippen MR) is 113 cm³/mol. The number of alkyl halides is 3. The second-order valence-corrected chi connectivity index (χ2v) is 8.81. The van der Waals surface area contributed by atoms with Gasteiger partial charge in [-0.2, -0.15) is 18.3 Å². The number of aromatic nitrogens is 2. The van der Waals surface area contributed by atoms with Crippen molar-refractivity contribution in [3.63, 3.8) is 0 Å². The Hall–Kier alpha value is -1.91. The molecule has 1 unspecified atom stereocenters. The Morgan fingerprint density at radius 1 is 1.32 bits per heavy atom. The zero-order valence-corrected chi connectivity index (χ0v) is 18.7. The zero-order valence-electron chi connectivity index (χ0n) is 17.1. The minimum atomic E-state index is -4.59. The molecule has 168 valence electrons. The Morgan fingerprint density at radius 2 is 2.03 bits per heavy atom. The van der Waals surface area contributed by atoms with E-state index in [-0.39, 0.29) is 10.4 Å². The molecular formula is C21H24BrF3N4O2. The molecule has 2 fully saturated rings. The molecule has 1 saturated heterocycles. The summed E-state index contributed by atoms with van der Waals surface area (Å²) in [5.41, 5.74) is 1.11. The van der Waals surface area contributed by atoms with Crippen molar-refractivity contribution in [2.24, 2.45) is 0 Å². The molecule has 1 aliphatic carbocycles. The summed E-state index contributed by atoms with van der Waals surface area (Å²) in [4.78, 5) is 15.2. The van der Waals surface area contributed by atoms with E-state index in [2.05, 4.69) is 31.2 Å².